The van der Waals surface area contributed by atoms with Crippen LogP contribution in [0.25, 0.3) is 0 Å². The van der Waals surface area contributed by atoms with Gasteiger partial charge in [-0.3, -0.25) is 0 Å². The summed E-state index contributed by atoms with van der Waals surface area (Å²) in [6, 6.07) is 0. The van der Waals surface area contributed by atoms with Crippen molar-refractivity contribution in [3.63, 3.8) is 0 Å². The van der Waals surface area contributed by atoms with E-state index < -0.39 is 0 Å². The van der Waals surface area contributed by atoms with E-state index in [9.17, 15) is 0 Å². The van der Waals surface area contributed by atoms with E-state index in [2.05, 4.69) is 12.4 Å². The van der Waals surface area contributed by atoms with Crippen molar-refractivity contribution in [2.45, 2.75) is 0 Å². The zero-order chi connectivity index (χ0) is 5.11. The minimum atomic E-state index is 1.72. The maximum absolute atomic E-state index is 3.62. The van der Waals surface area contributed by atoms with Crippen molar-refractivity contribution in [2.24, 2.45) is 0 Å². The van der Waals surface area contributed by atoms with Crippen LogP contribution >= 0.6 is 0 Å². The van der Waals surface area contributed by atoms with E-state index in [1.165, 1.54) is 0 Å². The molecule has 0 saturated heterocycles. The third-order valence-electron chi connectivity index (χ3n) is 0.724. The molecule has 0 amide bonds. The smallest absolute Gasteiger partial charge is 0.0400 e. The molecule has 1 rings (SSSR count). The molecule has 0 fully saturated rings. The molecule has 1 heterocycles. The summed E-state index contributed by atoms with van der Waals surface area (Å²) in [7, 11) is 3.62. The number of hydrogen-bond donors (Lipinski definition) is 1. The molecule has 0 bridgehead atoms. The van der Waals surface area contributed by atoms with Crippen molar-refractivity contribution >= 4 is 0 Å². The van der Waals surface area contributed by atoms with Crippen molar-refractivity contribution in [3.8, 4) is 0 Å². The standard InChI is InChI=1S/C5H7N2/c1-7-4-2-6-3-5-7/h2-6H,1H2. The first-order valence-electron chi connectivity index (χ1n) is 2.08. The molecule has 1 aliphatic heterocycles. The van der Waals surface area contributed by atoms with Gasteiger partial charge in [-0.05, 0) is 0 Å². The normalized spacial score (nSPS) is 17.0. The third kappa shape index (κ3) is 0.961. The minimum absolute atomic E-state index is 1.72. The molecule has 0 aromatic heterocycles. The van der Waals surface area contributed by atoms with Crippen LogP contribution in [0.15, 0.2) is 24.8 Å². The maximum Gasteiger partial charge on any atom is 0.0400 e. The Kier molecular flexibility index (Phi) is 1.02. The highest BCUT2D eigenvalue weighted by molar-refractivity contribution is 4.97. The van der Waals surface area contributed by atoms with Crippen LogP contribution in [0.5, 0.6) is 0 Å². The van der Waals surface area contributed by atoms with Gasteiger partial charge in [-0.1, -0.05) is 0 Å². The molecular formula is C5H7N2. The summed E-state index contributed by atoms with van der Waals surface area (Å²) in [5, 5.41) is 2.87. The first kappa shape index (κ1) is 4.24. The highest BCUT2D eigenvalue weighted by Gasteiger charge is 1.83. The van der Waals surface area contributed by atoms with Gasteiger partial charge in [0.2, 0.25) is 0 Å². The average Bonchev–Trinajstić information content (AvgIpc) is 1.69. The van der Waals surface area contributed by atoms with E-state index in [-0.39, 0.29) is 0 Å². The fourth-order valence-electron chi connectivity index (χ4n) is 0.383. The van der Waals surface area contributed by atoms with Crippen molar-refractivity contribution in [2.75, 3.05) is 0 Å². The summed E-state index contributed by atoms with van der Waals surface area (Å²) < 4.78 is 0. The van der Waals surface area contributed by atoms with Gasteiger partial charge in [0.15, 0.2) is 0 Å². The van der Waals surface area contributed by atoms with Crippen LogP contribution in [0.1, 0.15) is 0 Å². The van der Waals surface area contributed by atoms with Gasteiger partial charge in [0.1, 0.15) is 0 Å². The zero-order valence-electron chi connectivity index (χ0n) is 3.96. The van der Waals surface area contributed by atoms with Crippen LogP contribution in [0.2, 0.25) is 0 Å². The van der Waals surface area contributed by atoms with Crippen LogP contribution in [0.3, 0.4) is 0 Å². The van der Waals surface area contributed by atoms with Crippen LogP contribution in [0, 0.1) is 7.05 Å². The Hall–Kier alpha value is -0.920. The van der Waals surface area contributed by atoms with Gasteiger partial charge in [0, 0.05) is 31.8 Å². The number of nitrogens with zero attached hydrogens (tertiary/aromatic N) is 1. The summed E-state index contributed by atoms with van der Waals surface area (Å²) in [6.45, 7) is 0. The average molecular weight is 95.1 g/mol. The molecule has 1 aliphatic rings. The molecule has 2 nitrogen and oxygen atoms in total. The second-order valence-electron chi connectivity index (χ2n) is 1.31. The molecular weight excluding hydrogens is 88.1 g/mol. The van der Waals surface area contributed by atoms with E-state index in [0.717, 1.165) is 0 Å². The summed E-state index contributed by atoms with van der Waals surface area (Å²) in [5.74, 6) is 0. The van der Waals surface area contributed by atoms with Gasteiger partial charge in [-0.25, -0.2) is 0 Å². The molecule has 1 N–H and O–H groups in total. The Morgan fingerprint density at radius 2 is 1.86 bits per heavy atom. The minimum Gasteiger partial charge on any atom is -0.365 e. The third-order valence-corrected chi connectivity index (χ3v) is 0.724. The van der Waals surface area contributed by atoms with E-state index >= 15 is 0 Å². The maximum atomic E-state index is 3.62. The first-order valence-corrected chi connectivity index (χ1v) is 2.08. The Morgan fingerprint density at radius 1 is 1.29 bits per heavy atom. The van der Waals surface area contributed by atoms with Gasteiger partial charge in [0.05, 0.1) is 0 Å². The van der Waals surface area contributed by atoms with Gasteiger partial charge in [-0.15, -0.1) is 0 Å². The lowest BCUT2D eigenvalue weighted by Crippen LogP contribution is -2.07. The number of hydrogen-bond acceptors (Lipinski definition) is 2. The van der Waals surface area contributed by atoms with Gasteiger partial charge >= 0.3 is 0 Å². The quantitative estimate of drug-likeness (QED) is 0.474. The summed E-state index contributed by atoms with van der Waals surface area (Å²) in [6.07, 6.45) is 7.29. The Labute approximate surface area is 43.1 Å². The Morgan fingerprint density at radius 3 is 2.14 bits per heavy atom. The monoisotopic (exact) mass is 95.1 g/mol. The van der Waals surface area contributed by atoms with Crippen LogP contribution in [-0.4, -0.2) is 4.90 Å². The molecule has 0 aliphatic carbocycles. The molecule has 7 heavy (non-hydrogen) atoms. The van der Waals surface area contributed by atoms with E-state index in [0.29, 0.717) is 0 Å². The molecule has 0 atom stereocenters. The predicted octanol–water partition coefficient (Wildman–Crippen LogP) is 0.626. The topological polar surface area (TPSA) is 15.3 Å². The molecule has 0 aromatic carbocycles. The van der Waals surface area contributed by atoms with E-state index in [1.807, 2.05) is 24.8 Å². The van der Waals surface area contributed by atoms with Gasteiger partial charge in [-0.2, -0.15) is 0 Å². The van der Waals surface area contributed by atoms with Gasteiger partial charge in [0.25, 0.3) is 0 Å². The molecule has 0 aromatic rings. The van der Waals surface area contributed by atoms with Crippen molar-refractivity contribution in [1.82, 2.24) is 10.2 Å². The van der Waals surface area contributed by atoms with Gasteiger partial charge < -0.3 is 10.2 Å². The second kappa shape index (κ2) is 1.69. The molecule has 0 spiro atoms. The van der Waals surface area contributed by atoms with E-state index in [1.54, 1.807) is 4.90 Å². The molecule has 2 heteroatoms. The highest BCUT2D eigenvalue weighted by atomic mass is 15.1. The summed E-state index contributed by atoms with van der Waals surface area (Å²) >= 11 is 0. The molecule has 37 valence electrons. The highest BCUT2D eigenvalue weighted by Crippen LogP contribution is 1.89. The molecule has 0 saturated carbocycles. The predicted molar refractivity (Wildman–Crippen MR) is 28.6 cm³/mol. The largest absolute Gasteiger partial charge is 0.365 e. The number of rotatable bonds is 0. The summed E-state index contributed by atoms with van der Waals surface area (Å²) in [4.78, 5) is 1.72. The van der Waals surface area contributed by atoms with Crippen LogP contribution in [0.4, 0.5) is 0 Å². The second-order valence-corrected chi connectivity index (χ2v) is 1.31. The number of nitrogens with one attached hydrogen (secondary N) is 1. The van der Waals surface area contributed by atoms with Crippen LogP contribution in [-0.2, 0) is 0 Å². The fraction of sp³-hybridized carbons (Fsp3) is 0. The first-order chi connectivity index (χ1) is 3.39. The lowest BCUT2D eigenvalue weighted by atomic mass is 10.6. The summed E-state index contributed by atoms with van der Waals surface area (Å²) in [5.41, 5.74) is 0. The zero-order valence-corrected chi connectivity index (χ0v) is 3.96. The lowest BCUT2D eigenvalue weighted by molar-refractivity contribution is 0.661. The SMILES string of the molecule is [CH2]N1C=CNC=C1. The van der Waals surface area contributed by atoms with E-state index in [4.69, 9.17) is 0 Å². The van der Waals surface area contributed by atoms with Crippen molar-refractivity contribution < 1.29 is 0 Å². The Bertz CT molecular complexity index is 92.6. The molecule has 1 radical (unpaired) electrons. The van der Waals surface area contributed by atoms with Crippen molar-refractivity contribution in [3.05, 3.63) is 31.8 Å². The Balaban J connectivity index is 2.49. The molecule has 0 unspecified atom stereocenters. The van der Waals surface area contributed by atoms with Crippen molar-refractivity contribution in [1.29, 1.82) is 0 Å². The fourth-order valence-corrected chi connectivity index (χ4v) is 0.383. The lowest BCUT2D eigenvalue weighted by Gasteiger charge is -2.09. The van der Waals surface area contributed by atoms with Crippen LogP contribution < -0.4 is 5.32 Å².